The maximum Gasteiger partial charge on any atom is 0.315 e. The van der Waals surface area contributed by atoms with Crippen molar-refractivity contribution in [2.24, 2.45) is 0 Å². The maximum absolute atomic E-state index is 12.0. The molecule has 3 N–H and O–H groups in total. The molecular formula is C19H29N3O3. The second kappa shape index (κ2) is 9.91. The van der Waals surface area contributed by atoms with Crippen LogP contribution in [0, 0.1) is 0 Å². The highest BCUT2D eigenvalue weighted by Gasteiger charge is 2.15. The summed E-state index contributed by atoms with van der Waals surface area (Å²) in [6.07, 6.45) is 6.51. The summed E-state index contributed by atoms with van der Waals surface area (Å²) in [5, 5.41) is 8.74. The first kappa shape index (κ1) is 19.1. The molecule has 6 nitrogen and oxygen atoms in total. The van der Waals surface area contributed by atoms with Crippen LogP contribution in [-0.4, -0.2) is 31.1 Å². The van der Waals surface area contributed by atoms with Gasteiger partial charge in [0.05, 0.1) is 12.3 Å². The van der Waals surface area contributed by atoms with Crippen LogP contribution in [0.5, 0.6) is 5.75 Å². The van der Waals surface area contributed by atoms with Crippen LogP contribution in [0.3, 0.4) is 0 Å². The molecule has 1 aliphatic carbocycles. The highest BCUT2D eigenvalue weighted by molar-refractivity contribution is 5.90. The number of rotatable bonds is 7. The molecule has 25 heavy (non-hydrogen) atoms. The molecule has 0 spiro atoms. The molecule has 1 aliphatic rings. The van der Waals surface area contributed by atoms with Crippen molar-refractivity contribution < 1.29 is 14.3 Å². The Hall–Kier alpha value is -2.24. The SMILES string of the molecule is CCOc1ccc(CCNC(=O)NC2CCCCC2)cc1NC(C)=O. The number of urea groups is 1. The van der Waals surface area contributed by atoms with Crippen molar-refractivity contribution >= 4 is 17.6 Å². The Morgan fingerprint density at radius 3 is 2.64 bits per heavy atom. The van der Waals surface area contributed by atoms with E-state index < -0.39 is 0 Å². The summed E-state index contributed by atoms with van der Waals surface area (Å²) in [6.45, 7) is 4.46. The third-order valence-corrected chi connectivity index (χ3v) is 4.29. The lowest BCUT2D eigenvalue weighted by atomic mass is 9.96. The van der Waals surface area contributed by atoms with Crippen molar-refractivity contribution in [1.82, 2.24) is 10.6 Å². The Morgan fingerprint density at radius 1 is 1.20 bits per heavy atom. The fourth-order valence-electron chi connectivity index (χ4n) is 3.11. The average Bonchev–Trinajstić information content (AvgIpc) is 2.57. The Labute approximate surface area is 149 Å². The van der Waals surface area contributed by atoms with Crippen LogP contribution in [0.4, 0.5) is 10.5 Å². The Kier molecular flexibility index (Phi) is 7.57. The maximum atomic E-state index is 12.0. The van der Waals surface area contributed by atoms with E-state index in [1.807, 2.05) is 25.1 Å². The van der Waals surface area contributed by atoms with Crippen LogP contribution in [0.25, 0.3) is 0 Å². The third kappa shape index (κ3) is 6.64. The monoisotopic (exact) mass is 347 g/mol. The zero-order chi connectivity index (χ0) is 18.1. The molecule has 0 radical (unpaired) electrons. The lowest BCUT2D eigenvalue weighted by molar-refractivity contribution is -0.114. The molecule has 138 valence electrons. The molecule has 1 fully saturated rings. The second-order valence-corrected chi connectivity index (χ2v) is 6.43. The highest BCUT2D eigenvalue weighted by atomic mass is 16.5. The van der Waals surface area contributed by atoms with Gasteiger partial charge in [0.15, 0.2) is 0 Å². The topological polar surface area (TPSA) is 79.5 Å². The summed E-state index contributed by atoms with van der Waals surface area (Å²) in [5.74, 6) is 0.521. The zero-order valence-corrected chi connectivity index (χ0v) is 15.2. The van der Waals surface area contributed by atoms with Crippen molar-refractivity contribution in [2.75, 3.05) is 18.5 Å². The molecule has 0 unspecified atom stereocenters. The van der Waals surface area contributed by atoms with E-state index in [2.05, 4.69) is 16.0 Å². The van der Waals surface area contributed by atoms with E-state index in [1.54, 1.807) is 0 Å². The molecule has 2 rings (SSSR count). The third-order valence-electron chi connectivity index (χ3n) is 4.29. The van der Waals surface area contributed by atoms with Gasteiger partial charge in [-0.25, -0.2) is 4.79 Å². The van der Waals surface area contributed by atoms with Crippen molar-refractivity contribution in [2.45, 2.75) is 58.4 Å². The molecule has 6 heteroatoms. The van der Waals surface area contributed by atoms with Crippen molar-refractivity contribution in [3.8, 4) is 5.75 Å². The molecule has 0 heterocycles. The Bertz CT molecular complexity index is 583. The molecule has 1 aromatic carbocycles. The number of benzene rings is 1. The van der Waals surface area contributed by atoms with Crippen molar-refractivity contribution in [3.63, 3.8) is 0 Å². The molecule has 0 saturated heterocycles. The van der Waals surface area contributed by atoms with Crippen LogP contribution in [0.1, 0.15) is 51.5 Å². The number of carbonyl (C=O) groups is 2. The minimum atomic E-state index is -0.136. The standard InChI is InChI=1S/C19H29N3O3/c1-3-25-18-10-9-15(13-17(18)21-14(2)23)11-12-20-19(24)22-16-7-5-4-6-8-16/h9-10,13,16H,3-8,11-12H2,1-2H3,(H,21,23)(H2,20,22,24). The van der Waals surface area contributed by atoms with Gasteiger partial charge in [-0.1, -0.05) is 25.3 Å². The van der Waals surface area contributed by atoms with Gasteiger partial charge in [0, 0.05) is 19.5 Å². The van der Waals surface area contributed by atoms with E-state index in [-0.39, 0.29) is 11.9 Å². The largest absolute Gasteiger partial charge is 0.492 e. The normalized spacial score (nSPS) is 14.6. The van der Waals surface area contributed by atoms with Crippen LogP contribution in [-0.2, 0) is 11.2 Å². The van der Waals surface area contributed by atoms with Crippen molar-refractivity contribution in [1.29, 1.82) is 0 Å². The van der Waals surface area contributed by atoms with E-state index in [1.165, 1.54) is 26.2 Å². The quantitative estimate of drug-likeness (QED) is 0.708. The number of anilines is 1. The molecule has 0 aliphatic heterocycles. The lowest BCUT2D eigenvalue weighted by Crippen LogP contribution is -2.43. The van der Waals surface area contributed by atoms with Gasteiger partial charge in [-0.05, 0) is 43.9 Å². The van der Waals surface area contributed by atoms with Crippen LogP contribution in [0.15, 0.2) is 18.2 Å². The van der Waals surface area contributed by atoms with Gasteiger partial charge in [-0.2, -0.15) is 0 Å². The van der Waals surface area contributed by atoms with Gasteiger partial charge in [0.25, 0.3) is 0 Å². The summed E-state index contributed by atoms with van der Waals surface area (Å²) in [7, 11) is 0. The fraction of sp³-hybridized carbons (Fsp3) is 0.579. The predicted octanol–water partition coefficient (Wildman–Crippen LogP) is 3.22. The van der Waals surface area contributed by atoms with Crippen molar-refractivity contribution in [3.05, 3.63) is 23.8 Å². The molecule has 1 aromatic rings. The van der Waals surface area contributed by atoms with Crippen LogP contribution >= 0.6 is 0 Å². The van der Waals surface area contributed by atoms with E-state index >= 15 is 0 Å². The van der Waals surface area contributed by atoms with Crippen LogP contribution < -0.4 is 20.7 Å². The smallest absolute Gasteiger partial charge is 0.315 e. The van der Waals surface area contributed by atoms with Crippen LogP contribution in [0.2, 0.25) is 0 Å². The minimum absolute atomic E-state index is 0.0973. The Morgan fingerprint density at radius 2 is 1.96 bits per heavy atom. The first-order valence-corrected chi connectivity index (χ1v) is 9.16. The predicted molar refractivity (Wildman–Crippen MR) is 99.0 cm³/mol. The first-order chi connectivity index (χ1) is 12.1. The second-order valence-electron chi connectivity index (χ2n) is 6.43. The summed E-state index contributed by atoms with van der Waals surface area (Å²) in [4.78, 5) is 23.3. The number of hydrogen-bond donors (Lipinski definition) is 3. The van der Waals surface area contributed by atoms with Gasteiger partial charge in [0.2, 0.25) is 5.91 Å². The molecule has 3 amide bonds. The van der Waals surface area contributed by atoms with Gasteiger partial charge in [-0.15, -0.1) is 0 Å². The van der Waals surface area contributed by atoms with E-state index in [0.717, 1.165) is 18.4 Å². The number of hydrogen-bond acceptors (Lipinski definition) is 3. The van der Waals surface area contributed by atoms with E-state index in [9.17, 15) is 9.59 Å². The molecule has 1 saturated carbocycles. The molecule has 0 atom stereocenters. The zero-order valence-electron chi connectivity index (χ0n) is 15.2. The number of nitrogens with one attached hydrogen (secondary N) is 3. The summed E-state index contributed by atoms with van der Waals surface area (Å²) in [6, 6.07) is 5.92. The first-order valence-electron chi connectivity index (χ1n) is 9.16. The minimum Gasteiger partial charge on any atom is -0.492 e. The molecule has 0 bridgehead atoms. The molecule has 0 aromatic heterocycles. The number of carbonyl (C=O) groups excluding carboxylic acids is 2. The summed E-state index contributed by atoms with van der Waals surface area (Å²) in [5.41, 5.74) is 1.70. The fourth-order valence-corrected chi connectivity index (χ4v) is 3.11. The van der Waals surface area contributed by atoms with Gasteiger partial charge in [-0.3, -0.25) is 4.79 Å². The lowest BCUT2D eigenvalue weighted by Gasteiger charge is -2.22. The number of amides is 3. The molecular weight excluding hydrogens is 318 g/mol. The Balaban J connectivity index is 1.82. The van der Waals surface area contributed by atoms with Gasteiger partial charge < -0.3 is 20.7 Å². The van der Waals surface area contributed by atoms with E-state index in [0.29, 0.717) is 37.1 Å². The van der Waals surface area contributed by atoms with Gasteiger partial charge in [0.1, 0.15) is 5.75 Å². The summed E-state index contributed by atoms with van der Waals surface area (Å²) < 4.78 is 5.53. The summed E-state index contributed by atoms with van der Waals surface area (Å²) >= 11 is 0. The van der Waals surface area contributed by atoms with E-state index in [4.69, 9.17) is 4.74 Å². The number of ether oxygens (including phenoxy) is 1. The van der Waals surface area contributed by atoms with Gasteiger partial charge >= 0.3 is 6.03 Å². The average molecular weight is 347 g/mol. The highest BCUT2D eigenvalue weighted by Crippen LogP contribution is 2.26.